The molecular weight excluding hydrogens is 426 g/mol. The molecule has 32 heavy (non-hydrogen) atoms. The molecule has 0 saturated carbocycles. The van der Waals surface area contributed by atoms with Gasteiger partial charge in [0.2, 0.25) is 5.91 Å². The van der Waals surface area contributed by atoms with Crippen molar-refractivity contribution >= 4 is 33.1 Å². The zero-order valence-corrected chi connectivity index (χ0v) is 18.2. The zero-order valence-electron chi connectivity index (χ0n) is 17.4. The largest absolute Gasteiger partial charge is 0.457 e. The monoisotopic (exact) mass is 449 g/mol. The first-order valence-electron chi connectivity index (χ1n) is 10.4. The van der Waals surface area contributed by atoms with Crippen LogP contribution < -0.4 is 21.3 Å². The summed E-state index contributed by atoms with van der Waals surface area (Å²) in [7, 11) is 0. The van der Waals surface area contributed by atoms with E-state index in [4.69, 9.17) is 4.74 Å². The third-order valence-electron chi connectivity index (χ3n) is 4.99. The second-order valence-corrected chi connectivity index (χ2v) is 8.26. The average molecular weight is 450 g/mol. The molecule has 0 aliphatic heterocycles. The number of carbonyl (C=O) groups is 1. The minimum atomic E-state index is -0.390. The Labute approximate surface area is 188 Å². The molecule has 164 valence electrons. The number of para-hydroxylation sites is 1. The van der Waals surface area contributed by atoms with Crippen molar-refractivity contribution in [2.24, 2.45) is 0 Å². The summed E-state index contributed by atoms with van der Waals surface area (Å²) >= 11 is 1.32. The Morgan fingerprint density at radius 1 is 0.938 bits per heavy atom. The second-order valence-electron chi connectivity index (χ2n) is 7.35. The van der Waals surface area contributed by atoms with Gasteiger partial charge in [-0.3, -0.25) is 14.2 Å². The van der Waals surface area contributed by atoms with Crippen LogP contribution in [0.5, 0.6) is 11.5 Å². The predicted octanol–water partition coefficient (Wildman–Crippen LogP) is 4.74. The van der Waals surface area contributed by atoms with Crippen LogP contribution >= 0.6 is 11.3 Å². The topological polar surface area (TPSA) is 93.2 Å². The van der Waals surface area contributed by atoms with E-state index in [9.17, 15) is 14.4 Å². The number of aromatic amines is 1. The van der Waals surface area contributed by atoms with Gasteiger partial charge in [-0.2, -0.15) is 0 Å². The highest BCUT2D eigenvalue weighted by molar-refractivity contribution is 7.17. The normalized spacial score (nSPS) is 10.9. The van der Waals surface area contributed by atoms with E-state index < -0.39 is 5.69 Å². The highest BCUT2D eigenvalue weighted by atomic mass is 32.1. The van der Waals surface area contributed by atoms with Crippen molar-refractivity contribution in [2.75, 3.05) is 5.32 Å². The summed E-state index contributed by atoms with van der Waals surface area (Å²) in [5, 5.41) is 4.66. The zero-order chi connectivity index (χ0) is 22.3. The van der Waals surface area contributed by atoms with E-state index in [0.29, 0.717) is 47.5 Å². The summed E-state index contributed by atoms with van der Waals surface area (Å²) in [6, 6.07) is 18.4. The van der Waals surface area contributed by atoms with E-state index in [0.717, 1.165) is 12.2 Å². The molecule has 2 heterocycles. The van der Waals surface area contributed by atoms with E-state index >= 15 is 0 Å². The first kappa shape index (κ1) is 21.6. The standard InChI is InChI=1S/C24H23N3O4S/c28-21(25-17-10-12-19(13-11-17)31-18-7-3-1-4-8-18)9-5-2-6-15-27-23(29)22-20(14-16-32-22)26-24(27)30/h1,3-4,7-8,10-14,16H,2,5-6,9,15H2,(H,25,28)(H,26,30). The number of rotatable bonds is 9. The fraction of sp³-hybridized carbons (Fsp3) is 0.208. The third kappa shape index (κ3) is 5.33. The summed E-state index contributed by atoms with van der Waals surface area (Å²) < 4.78 is 7.54. The van der Waals surface area contributed by atoms with E-state index in [1.165, 1.54) is 15.9 Å². The van der Waals surface area contributed by atoms with E-state index in [1.54, 1.807) is 23.6 Å². The number of unbranched alkanes of at least 4 members (excludes halogenated alkanes) is 2. The van der Waals surface area contributed by atoms with Gasteiger partial charge in [-0.15, -0.1) is 11.3 Å². The van der Waals surface area contributed by atoms with Crippen LogP contribution in [0, 0.1) is 0 Å². The van der Waals surface area contributed by atoms with Gasteiger partial charge in [-0.05, 0) is 60.7 Å². The van der Waals surface area contributed by atoms with Gasteiger partial charge in [0, 0.05) is 18.7 Å². The fourth-order valence-electron chi connectivity index (χ4n) is 3.36. The number of hydrogen-bond acceptors (Lipinski definition) is 5. The van der Waals surface area contributed by atoms with Crippen LogP contribution in [0.2, 0.25) is 0 Å². The fourth-order valence-corrected chi connectivity index (χ4v) is 4.16. The molecule has 4 rings (SSSR count). The minimum Gasteiger partial charge on any atom is -0.457 e. The Bertz CT molecular complexity index is 1310. The Morgan fingerprint density at radius 3 is 2.47 bits per heavy atom. The second kappa shape index (κ2) is 10.1. The lowest BCUT2D eigenvalue weighted by atomic mass is 10.2. The maximum atomic E-state index is 12.4. The number of carbonyl (C=O) groups excluding carboxylic acids is 1. The van der Waals surface area contributed by atoms with Crippen LogP contribution in [-0.4, -0.2) is 15.5 Å². The van der Waals surface area contributed by atoms with Crippen LogP contribution in [-0.2, 0) is 11.3 Å². The number of amides is 1. The summed E-state index contributed by atoms with van der Waals surface area (Å²) in [6.45, 7) is 0.340. The molecular formula is C24H23N3O4S. The number of H-pyrrole nitrogens is 1. The number of thiophene rings is 1. The predicted molar refractivity (Wildman–Crippen MR) is 127 cm³/mol. The lowest BCUT2D eigenvalue weighted by molar-refractivity contribution is -0.116. The molecule has 0 saturated heterocycles. The summed E-state index contributed by atoms with van der Waals surface area (Å²) in [4.78, 5) is 39.4. The van der Waals surface area contributed by atoms with Gasteiger partial charge in [0.25, 0.3) is 5.56 Å². The molecule has 2 aromatic heterocycles. The van der Waals surface area contributed by atoms with E-state index in [-0.39, 0.29) is 11.5 Å². The first-order chi connectivity index (χ1) is 15.6. The van der Waals surface area contributed by atoms with Crippen molar-refractivity contribution in [3.8, 4) is 11.5 Å². The Balaban J connectivity index is 1.20. The van der Waals surface area contributed by atoms with Crippen LogP contribution in [0.3, 0.4) is 0 Å². The Kier molecular flexibility index (Phi) is 6.81. The smallest absolute Gasteiger partial charge is 0.328 e. The highest BCUT2D eigenvalue weighted by Crippen LogP contribution is 2.22. The molecule has 2 N–H and O–H groups in total. The number of nitrogens with one attached hydrogen (secondary N) is 2. The van der Waals surface area contributed by atoms with Gasteiger partial charge in [0.1, 0.15) is 16.2 Å². The maximum Gasteiger partial charge on any atom is 0.328 e. The summed E-state index contributed by atoms with van der Waals surface area (Å²) in [6.07, 6.45) is 2.44. The molecule has 1 amide bonds. The van der Waals surface area contributed by atoms with Crippen molar-refractivity contribution in [1.82, 2.24) is 9.55 Å². The molecule has 0 spiro atoms. The SMILES string of the molecule is O=C(CCCCCn1c(=O)[nH]c2ccsc2c1=O)Nc1ccc(Oc2ccccc2)cc1. The van der Waals surface area contributed by atoms with E-state index in [1.807, 2.05) is 42.5 Å². The van der Waals surface area contributed by atoms with E-state index in [2.05, 4.69) is 10.3 Å². The third-order valence-corrected chi connectivity index (χ3v) is 5.90. The highest BCUT2D eigenvalue weighted by Gasteiger charge is 2.09. The van der Waals surface area contributed by atoms with Gasteiger partial charge in [-0.1, -0.05) is 24.6 Å². The van der Waals surface area contributed by atoms with Gasteiger partial charge < -0.3 is 15.0 Å². The molecule has 0 atom stereocenters. The lowest BCUT2D eigenvalue weighted by Crippen LogP contribution is -2.34. The Hall–Kier alpha value is -3.65. The number of anilines is 1. The van der Waals surface area contributed by atoms with Crippen molar-refractivity contribution in [3.05, 3.63) is 86.9 Å². The molecule has 0 unspecified atom stereocenters. The number of fused-ring (bicyclic) bond motifs is 1. The molecule has 0 aliphatic carbocycles. The van der Waals surface area contributed by atoms with Crippen LogP contribution in [0.25, 0.3) is 10.2 Å². The molecule has 0 bridgehead atoms. The van der Waals surface area contributed by atoms with Gasteiger partial charge in [-0.25, -0.2) is 4.79 Å². The molecule has 4 aromatic rings. The minimum absolute atomic E-state index is 0.0725. The first-order valence-corrected chi connectivity index (χ1v) is 11.3. The number of nitrogens with zero attached hydrogens (tertiary/aromatic N) is 1. The van der Waals surface area contributed by atoms with Crippen LogP contribution in [0.1, 0.15) is 25.7 Å². The molecule has 0 radical (unpaired) electrons. The van der Waals surface area contributed by atoms with Crippen molar-refractivity contribution in [2.45, 2.75) is 32.2 Å². The molecule has 2 aromatic carbocycles. The molecule has 0 aliphatic rings. The summed E-state index contributed by atoms with van der Waals surface area (Å²) in [5.41, 5.74) is 0.643. The van der Waals surface area contributed by atoms with Crippen molar-refractivity contribution in [3.63, 3.8) is 0 Å². The van der Waals surface area contributed by atoms with Crippen LogP contribution in [0.15, 0.2) is 75.6 Å². The average Bonchev–Trinajstić information content (AvgIpc) is 3.26. The van der Waals surface area contributed by atoms with Crippen LogP contribution in [0.4, 0.5) is 5.69 Å². The molecule has 8 heteroatoms. The van der Waals surface area contributed by atoms with Gasteiger partial charge in [0.05, 0.1) is 5.52 Å². The summed E-state index contributed by atoms with van der Waals surface area (Å²) in [5.74, 6) is 1.38. The lowest BCUT2D eigenvalue weighted by Gasteiger charge is -2.08. The van der Waals surface area contributed by atoms with Gasteiger partial charge >= 0.3 is 5.69 Å². The molecule has 7 nitrogen and oxygen atoms in total. The van der Waals surface area contributed by atoms with Crippen molar-refractivity contribution in [1.29, 1.82) is 0 Å². The quantitative estimate of drug-likeness (QED) is 0.361. The Morgan fingerprint density at radius 2 is 1.69 bits per heavy atom. The number of aromatic nitrogens is 2. The van der Waals surface area contributed by atoms with Crippen molar-refractivity contribution < 1.29 is 9.53 Å². The number of benzene rings is 2. The number of ether oxygens (including phenoxy) is 1. The maximum absolute atomic E-state index is 12.4. The number of hydrogen-bond donors (Lipinski definition) is 2. The van der Waals surface area contributed by atoms with Gasteiger partial charge in [0.15, 0.2) is 0 Å². The molecule has 0 fully saturated rings.